The van der Waals surface area contributed by atoms with E-state index in [4.69, 9.17) is 22.1 Å². The highest BCUT2D eigenvalue weighted by Gasteiger charge is 2.31. The number of nitrogens with zero attached hydrogens (tertiary/aromatic N) is 3. The van der Waals surface area contributed by atoms with Gasteiger partial charge in [-0.2, -0.15) is 5.10 Å². The number of ether oxygens (including phenoxy) is 1. The summed E-state index contributed by atoms with van der Waals surface area (Å²) in [7, 11) is 0. The highest BCUT2D eigenvalue weighted by atomic mass is 32.2. The zero-order valence-electron chi connectivity index (χ0n) is 18.4. The fourth-order valence-corrected chi connectivity index (χ4v) is 4.74. The summed E-state index contributed by atoms with van der Waals surface area (Å²) in [5.74, 6) is 0.726. The molecule has 2 heterocycles. The number of hydrogen-bond donors (Lipinski definition) is 0. The van der Waals surface area contributed by atoms with Gasteiger partial charge in [0.25, 0.3) is 5.91 Å². The van der Waals surface area contributed by atoms with Gasteiger partial charge in [-0.1, -0.05) is 68.2 Å². The van der Waals surface area contributed by atoms with Crippen molar-refractivity contribution in [2.24, 2.45) is 0 Å². The number of thiocarbonyl (C=S) groups is 1. The first kappa shape index (κ1) is 23.0. The van der Waals surface area contributed by atoms with Crippen LogP contribution in [0.15, 0.2) is 78.4 Å². The Morgan fingerprint density at radius 1 is 1.15 bits per heavy atom. The minimum absolute atomic E-state index is 0.0370. The Bertz CT molecular complexity index is 1180. The lowest BCUT2D eigenvalue weighted by Crippen LogP contribution is -2.28. The third-order valence-corrected chi connectivity index (χ3v) is 6.53. The average molecular weight is 476 g/mol. The van der Waals surface area contributed by atoms with Crippen LogP contribution in [0.3, 0.4) is 0 Å². The predicted octanol–water partition coefficient (Wildman–Crippen LogP) is 6.11. The summed E-state index contributed by atoms with van der Waals surface area (Å²) in [5.41, 5.74) is 3.52. The molecule has 0 N–H and O–H groups in total. The van der Waals surface area contributed by atoms with Gasteiger partial charge < -0.3 is 4.74 Å². The predicted molar refractivity (Wildman–Crippen MR) is 139 cm³/mol. The van der Waals surface area contributed by atoms with Crippen molar-refractivity contribution in [1.29, 1.82) is 0 Å². The van der Waals surface area contributed by atoms with Gasteiger partial charge in [0, 0.05) is 23.9 Å². The van der Waals surface area contributed by atoms with Gasteiger partial charge in [-0.25, -0.2) is 4.68 Å². The molecule has 0 radical (unpaired) electrons. The van der Waals surface area contributed by atoms with E-state index in [1.807, 2.05) is 71.6 Å². The standard InChI is InChI=1S/C26H25N3O2S2/c1-3-5-15-28-25(30)23(33-26(28)32)17-20-18-29(21-9-7-6-8-10-21)27-24(20)19-11-13-22(14-12-19)31-16-4-2/h4,6-14,17-18H,2-3,5,15-16H2,1H3. The SMILES string of the molecule is C=CCOc1ccc(-c2nn(-c3ccccc3)cc2C=C2SC(=S)N(CCCC)C2=O)cc1. The summed E-state index contributed by atoms with van der Waals surface area (Å²) >= 11 is 6.82. The molecule has 0 saturated carbocycles. The summed E-state index contributed by atoms with van der Waals surface area (Å²) in [6, 6.07) is 17.7. The van der Waals surface area contributed by atoms with E-state index in [2.05, 4.69) is 13.5 Å². The van der Waals surface area contributed by atoms with Crippen LogP contribution in [0.4, 0.5) is 0 Å². The third kappa shape index (κ3) is 5.26. The zero-order valence-corrected chi connectivity index (χ0v) is 20.1. The number of amides is 1. The molecule has 5 nitrogen and oxygen atoms in total. The van der Waals surface area contributed by atoms with Crippen molar-refractivity contribution in [3.63, 3.8) is 0 Å². The lowest BCUT2D eigenvalue weighted by molar-refractivity contribution is -0.122. The maximum absolute atomic E-state index is 13.0. The van der Waals surface area contributed by atoms with Gasteiger partial charge >= 0.3 is 0 Å². The average Bonchev–Trinajstić information content (AvgIpc) is 3.38. The molecule has 1 aliphatic heterocycles. The Hall–Kier alpha value is -3.16. The molecule has 0 unspecified atom stereocenters. The van der Waals surface area contributed by atoms with Crippen LogP contribution >= 0.6 is 24.0 Å². The van der Waals surface area contributed by atoms with E-state index >= 15 is 0 Å². The van der Waals surface area contributed by atoms with Crippen LogP contribution in [0.2, 0.25) is 0 Å². The molecule has 1 amide bonds. The second-order valence-electron chi connectivity index (χ2n) is 7.52. The summed E-state index contributed by atoms with van der Waals surface area (Å²) in [6.45, 7) is 6.89. The van der Waals surface area contributed by atoms with Crippen molar-refractivity contribution in [3.8, 4) is 22.7 Å². The minimum atomic E-state index is -0.0370. The molecule has 1 aliphatic rings. The molecule has 0 aliphatic carbocycles. The number of benzene rings is 2. The highest BCUT2D eigenvalue weighted by molar-refractivity contribution is 8.26. The molecule has 0 atom stereocenters. The molecule has 7 heteroatoms. The second-order valence-corrected chi connectivity index (χ2v) is 9.20. The molecule has 0 bridgehead atoms. The summed E-state index contributed by atoms with van der Waals surface area (Å²) in [4.78, 5) is 15.3. The van der Waals surface area contributed by atoms with E-state index in [0.717, 1.165) is 41.1 Å². The van der Waals surface area contributed by atoms with Crippen LogP contribution in [0.5, 0.6) is 5.75 Å². The third-order valence-electron chi connectivity index (χ3n) is 5.15. The molecule has 1 aromatic heterocycles. The number of para-hydroxylation sites is 1. The Labute approximate surface area is 203 Å². The number of hydrogen-bond acceptors (Lipinski definition) is 5. The van der Waals surface area contributed by atoms with E-state index in [-0.39, 0.29) is 5.91 Å². The summed E-state index contributed by atoms with van der Waals surface area (Å²) in [5, 5.41) is 4.85. The molecule has 33 heavy (non-hydrogen) atoms. The lowest BCUT2D eigenvalue weighted by atomic mass is 10.1. The van der Waals surface area contributed by atoms with Crippen LogP contribution in [0.1, 0.15) is 25.3 Å². The van der Waals surface area contributed by atoms with Gasteiger partial charge in [-0.15, -0.1) is 0 Å². The zero-order chi connectivity index (χ0) is 23.2. The van der Waals surface area contributed by atoms with Crippen molar-refractivity contribution < 1.29 is 9.53 Å². The van der Waals surface area contributed by atoms with Crippen LogP contribution < -0.4 is 4.74 Å². The van der Waals surface area contributed by atoms with Gasteiger partial charge in [-0.3, -0.25) is 9.69 Å². The van der Waals surface area contributed by atoms with Crippen LogP contribution in [0.25, 0.3) is 23.0 Å². The van der Waals surface area contributed by atoms with Gasteiger partial charge in [0.05, 0.1) is 16.3 Å². The van der Waals surface area contributed by atoms with E-state index in [0.29, 0.717) is 22.4 Å². The summed E-state index contributed by atoms with van der Waals surface area (Å²) < 4.78 is 8.05. The highest BCUT2D eigenvalue weighted by Crippen LogP contribution is 2.35. The lowest BCUT2D eigenvalue weighted by Gasteiger charge is -2.12. The quantitative estimate of drug-likeness (QED) is 0.212. The summed E-state index contributed by atoms with van der Waals surface area (Å²) in [6.07, 6.45) is 7.50. The number of rotatable bonds is 9. The molecule has 2 aromatic carbocycles. The first-order valence-corrected chi connectivity index (χ1v) is 12.1. The Morgan fingerprint density at radius 3 is 2.61 bits per heavy atom. The first-order chi connectivity index (χ1) is 16.1. The molecule has 0 spiro atoms. The smallest absolute Gasteiger partial charge is 0.266 e. The number of unbranched alkanes of at least 4 members (excludes halogenated alkanes) is 1. The molecular weight excluding hydrogens is 450 g/mol. The Balaban J connectivity index is 1.72. The number of carbonyl (C=O) groups is 1. The maximum atomic E-state index is 13.0. The van der Waals surface area contributed by atoms with E-state index in [1.165, 1.54) is 11.8 Å². The second kappa shape index (κ2) is 10.6. The Kier molecular flexibility index (Phi) is 7.42. The monoisotopic (exact) mass is 475 g/mol. The van der Waals surface area contributed by atoms with Crippen molar-refractivity contribution in [2.75, 3.05) is 13.2 Å². The first-order valence-electron chi connectivity index (χ1n) is 10.8. The largest absolute Gasteiger partial charge is 0.490 e. The fourth-order valence-electron chi connectivity index (χ4n) is 3.44. The normalized spacial score (nSPS) is 14.8. The van der Waals surface area contributed by atoms with E-state index in [1.54, 1.807) is 11.0 Å². The van der Waals surface area contributed by atoms with E-state index < -0.39 is 0 Å². The molecule has 168 valence electrons. The Morgan fingerprint density at radius 2 is 1.91 bits per heavy atom. The van der Waals surface area contributed by atoms with Crippen molar-refractivity contribution in [2.45, 2.75) is 19.8 Å². The molecule has 4 rings (SSSR count). The van der Waals surface area contributed by atoms with Gasteiger partial charge in [0.1, 0.15) is 16.7 Å². The van der Waals surface area contributed by atoms with Gasteiger partial charge in [0.2, 0.25) is 0 Å². The maximum Gasteiger partial charge on any atom is 0.266 e. The van der Waals surface area contributed by atoms with Gasteiger partial charge in [0.15, 0.2) is 0 Å². The van der Waals surface area contributed by atoms with Crippen molar-refractivity contribution in [1.82, 2.24) is 14.7 Å². The topological polar surface area (TPSA) is 47.4 Å². The van der Waals surface area contributed by atoms with Crippen LogP contribution in [0, 0.1) is 0 Å². The number of carbonyl (C=O) groups excluding carboxylic acids is 1. The van der Waals surface area contributed by atoms with Crippen LogP contribution in [-0.4, -0.2) is 38.1 Å². The minimum Gasteiger partial charge on any atom is -0.490 e. The fraction of sp³-hybridized carbons (Fsp3) is 0.192. The molecule has 1 saturated heterocycles. The van der Waals surface area contributed by atoms with Crippen molar-refractivity contribution in [3.05, 3.63) is 83.9 Å². The molecule has 3 aromatic rings. The molecule has 1 fully saturated rings. The van der Waals surface area contributed by atoms with Gasteiger partial charge in [-0.05, 0) is 48.9 Å². The van der Waals surface area contributed by atoms with Crippen LogP contribution in [-0.2, 0) is 4.79 Å². The molecular formula is C26H25N3O2S2. The number of aromatic nitrogens is 2. The van der Waals surface area contributed by atoms with E-state index in [9.17, 15) is 4.79 Å². The number of thioether (sulfide) groups is 1. The van der Waals surface area contributed by atoms with Crippen molar-refractivity contribution >= 4 is 40.3 Å².